The number of rotatable bonds is 25. The Hall–Kier alpha value is -2.89. The zero-order valence-corrected chi connectivity index (χ0v) is 41.7. The molecule has 0 aliphatic heterocycles. The molecule has 0 aromatic heterocycles. The van der Waals surface area contributed by atoms with Crippen LogP contribution in [0.4, 0.5) is 5.69 Å². The average molecular weight is 907 g/mol. The first-order valence-electron chi connectivity index (χ1n) is 25.2. The van der Waals surface area contributed by atoms with Gasteiger partial charge in [0, 0.05) is 31.7 Å². The molecule has 4 aliphatic carbocycles. The van der Waals surface area contributed by atoms with Crippen molar-refractivity contribution < 1.29 is 29.0 Å². The number of aliphatic hydroxyl groups excluding tert-OH is 1. The summed E-state index contributed by atoms with van der Waals surface area (Å²) in [6.45, 7) is 17.6. The molecule has 10 atom stereocenters. The van der Waals surface area contributed by atoms with Crippen LogP contribution in [0.1, 0.15) is 163 Å². The Labute approximate surface area is 391 Å². The third-order valence-electron chi connectivity index (χ3n) is 16.2. The van der Waals surface area contributed by atoms with Crippen molar-refractivity contribution in [3.63, 3.8) is 0 Å². The number of allylic oxidation sites excluding steroid dienone is 1. The van der Waals surface area contributed by atoms with E-state index in [4.69, 9.17) is 4.74 Å². The molecule has 10 nitrogen and oxygen atoms in total. The van der Waals surface area contributed by atoms with Crippen molar-refractivity contribution in [2.75, 3.05) is 30.5 Å². The molecule has 3 fully saturated rings. The number of hydrogen-bond acceptors (Lipinski definition) is 7. The van der Waals surface area contributed by atoms with Crippen LogP contribution in [0.5, 0.6) is 0 Å². The Balaban J connectivity index is 1.02. The fourth-order valence-electron chi connectivity index (χ4n) is 12.4. The second-order valence-electron chi connectivity index (χ2n) is 21.5. The van der Waals surface area contributed by atoms with Gasteiger partial charge >= 0.3 is 0 Å². The molecule has 1 aromatic carbocycles. The monoisotopic (exact) mass is 907 g/mol. The van der Waals surface area contributed by atoms with Crippen molar-refractivity contribution >= 4 is 41.1 Å². The van der Waals surface area contributed by atoms with E-state index in [2.05, 4.69) is 75.8 Å². The molecule has 360 valence electrons. The number of nitrogens with one attached hydrogen (secondary N) is 4. The predicted octanol–water partition coefficient (Wildman–Crippen LogP) is 9.99. The fraction of sp³-hybridized carbons (Fsp3) is 0.774. The van der Waals surface area contributed by atoms with Gasteiger partial charge in [0.25, 0.3) is 0 Å². The second kappa shape index (κ2) is 24.8. The fourth-order valence-corrected chi connectivity index (χ4v) is 12.9. The van der Waals surface area contributed by atoms with Crippen LogP contribution in [-0.4, -0.2) is 72.1 Å². The lowest BCUT2D eigenvalue weighted by Gasteiger charge is -2.58. The topological polar surface area (TPSA) is 146 Å². The summed E-state index contributed by atoms with van der Waals surface area (Å²) in [4.78, 5) is 52.7. The van der Waals surface area contributed by atoms with E-state index in [9.17, 15) is 24.3 Å². The molecule has 0 radical (unpaired) electrons. The van der Waals surface area contributed by atoms with Crippen LogP contribution in [0.15, 0.2) is 35.9 Å². The van der Waals surface area contributed by atoms with Crippen molar-refractivity contribution in [2.24, 2.45) is 52.3 Å². The Kier molecular flexibility index (Phi) is 20.1. The van der Waals surface area contributed by atoms with Crippen LogP contribution in [-0.2, 0) is 30.5 Å². The molecular weight excluding hydrogens is 821 g/mol. The standard InChI is InChI=1S/C53H86N4O6S/c1-35(2)11-9-12-37(5)43-20-21-44-42-19-16-39-33-41(25-28-52(39,6)45(42)26-29-53(43,44)7)63-31-10-30-54-48(59)23-24-49(60)56-46(22-13-36(3)4)51(62)57-47(27-32-64-8)50(61)55-40-17-14-38(34-58)15-18-40/h14-18,35-37,41-47,58H,9-13,19-34H2,1-8H3,(H,54,59)(H,55,61)(H,56,60)(H,57,62)/t37-,41+,42+,43-,44+,45+,46+,47+,52+,53-/m1/s1. The van der Waals surface area contributed by atoms with Gasteiger partial charge < -0.3 is 31.1 Å². The van der Waals surface area contributed by atoms with Gasteiger partial charge in [-0.3, -0.25) is 19.2 Å². The highest BCUT2D eigenvalue weighted by atomic mass is 32.2. The number of ether oxygens (including phenoxy) is 1. The molecule has 1 aromatic rings. The zero-order chi connectivity index (χ0) is 46.4. The number of carbonyl (C=O) groups is 4. The van der Waals surface area contributed by atoms with E-state index in [0.717, 1.165) is 53.9 Å². The average Bonchev–Trinajstić information content (AvgIpc) is 3.63. The number of carbonyl (C=O) groups excluding carboxylic acids is 4. The van der Waals surface area contributed by atoms with E-state index in [1.807, 2.05) is 6.26 Å². The van der Waals surface area contributed by atoms with Crippen LogP contribution >= 0.6 is 11.8 Å². The molecule has 11 heteroatoms. The van der Waals surface area contributed by atoms with Gasteiger partial charge in [-0.25, -0.2) is 0 Å². The lowest BCUT2D eigenvalue weighted by Crippen LogP contribution is -2.53. The first-order chi connectivity index (χ1) is 30.6. The minimum absolute atomic E-state index is 0.0224. The highest BCUT2D eigenvalue weighted by molar-refractivity contribution is 7.98. The first kappa shape index (κ1) is 52.1. The Bertz CT molecular complexity index is 1700. The first-order valence-corrected chi connectivity index (χ1v) is 26.6. The van der Waals surface area contributed by atoms with Gasteiger partial charge in [0.2, 0.25) is 23.6 Å². The Morgan fingerprint density at radius 1 is 0.797 bits per heavy atom. The van der Waals surface area contributed by atoms with Gasteiger partial charge in [-0.05, 0) is 159 Å². The predicted molar refractivity (Wildman–Crippen MR) is 262 cm³/mol. The number of fused-ring (bicyclic) bond motifs is 5. The van der Waals surface area contributed by atoms with Gasteiger partial charge in [-0.1, -0.05) is 91.5 Å². The van der Waals surface area contributed by atoms with Crippen molar-refractivity contribution in [3.05, 3.63) is 41.5 Å². The summed E-state index contributed by atoms with van der Waals surface area (Å²) >= 11 is 1.58. The van der Waals surface area contributed by atoms with Crippen LogP contribution in [0.2, 0.25) is 0 Å². The maximum absolute atomic E-state index is 13.6. The molecule has 0 bridgehead atoms. The number of hydrogen-bond donors (Lipinski definition) is 5. The third-order valence-corrected chi connectivity index (χ3v) is 16.8. The number of amides is 4. The summed E-state index contributed by atoms with van der Waals surface area (Å²) < 4.78 is 6.44. The minimum atomic E-state index is -0.830. The molecule has 5 N–H and O–H groups in total. The highest BCUT2D eigenvalue weighted by Gasteiger charge is 2.59. The summed E-state index contributed by atoms with van der Waals surface area (Å²) in [7, 11) is 0. The summed E-state index contributed by atoms with van der Waals surface area (Å²) in [6, 6.07) is 5.25. The summed E-state index contributed by atoms with van der Waals surface area (Å²) in [5, 5.41) is 20.9. The zero-order valence-electron chi connectivity index (χ0n) is 40.9. The van der Waals surface area contributed by atoms with Crippen molar-refractivity contribution in [1.82, 2.24) is 16.0 Å². The van der Waals surface area contributed by atoms with Crippen LogP contribution < -0.4 is 21.3 Å². The van der Waals surface area contributed by atoms with E-state index >= 15 is 0 Å². The number of benzene rings is 1. The largest absolute Gasteiger partial charge is 0.392 e. The molecule has 3 saturated carbocycles. The summed E-state index contributed by atoms with van der Waals surface area (Å²) in [5.41, 5.74) is 3.74. The molecule has 0 saturated heterocycles. The number of aliphatic hydroxyl groups is 1. The van der Waals surface area contributed by atoms with E-state index in [0.29, 0.717) is 67.0 Å². The van der Waals surface area contributed by atoms with Crippen LogP contribution in [0.3, 0.4) is 0 Å². The van der Waals surface area contributed by atoms with E-state index in [1.54, 1.807) is 41.6 Å². The molecule has 4 amide bonds. The van der Waals surface area contributed by atoms with Crippen molar-refractivity contribution in [3.8, 4) is 0 Å². The SMILES string of the molecule is CSCC[C@H](NC(=O)[C@H](CCC(C)C)NC(=O)CCC(=O)NCCCO[C@H]1CC[C@@]2(C)C(=CC[C@H]3[C@@H]4CC[C@H]([C@H](C)CCCC(C)C)[C@@]4(C)CC[C@@H]32)C1)C(=O)Nc1ccc(CO)cc1. The van der Waals surface area contributed by atoms with Crippen LogP contribution in [0, 0.1) is 52.3 Å². The van der Waals surface area contributed by atoms with Gasteiger partial charge in [-0.15, -0.1) is 0 Å². The second-order valence-corrected chi connectivity index (χ2v) is 22.5. The molecule has 64 heavy (non-hydrogen) atoms. The third kappa shape index (κ3) is 14.1. The molecule has 4 aliphatic rings. The number of thioether (sulfide) groups is 1. The lowest BCUT2D eigenvalue weighted by molar-refractivity contribution is -0.132. The molecule has 0 unspecified atom stereocenters. The van der Waals surface area contributed by atoms with Crippen LogP contribution in [0.25, 0.3) is 0 Å². The molecular formula is C53H86N4O6S. The normalized spacial score (nSPS) is 27.7. The van der Waals surface area contributed by atoms with E-state index < -0.39 is 18.0 Å². The van der Waals surface area contributed by atoms with E-state index in [-0.39, 0.29) is 43.3 Å². The van der Waals surface area contributed by atoms with Crippen molar-refractivity contribution in [2.45, 2.75) is 182 Å². The Morgan fingerprint density at radius 2 is 1.52 bits per heavy atom. The maximum Gasteiger partial charge on any atom is 0.246 e. The maximum atomic E-state index is 13.6. The van der Waals surface area contributed by atoms with Gasteiger partial charge in [0.1, 0.15) is 12.1 Å². The van der Waals surface area contributed by atoms with Gasteiger partial charge in [0.05, 0.1) is 12.7 Å². The number of anilines is 1. The highest BCUT2D eigenvalue weighted by Crippen LogP contribution is 2.67. The smallest absolute Gasteiger partial charge is 0.246 e. The molecule has 0 spiro atoms. The Morgan fingerprint density at radius 3 is 2.22 bits per heavy atom. The molecule has 0 heterocycles. The minimum Gasteiger partial charge on any atom is -0.392 e. The summed E-state index contributed by atoms with van der Waals surface area (Å²) in [5.74, 6) is 4.64. The lowest BCUT2D eigenvalue weighted by atomic mass is 9.47. The van der Waals surface area contributed by atoms with E-state index in [1.165, 1.54) is 57.8 Å². The van der Waals surface area contributed by atoms with Gasteiger partial charge in [-0.2, -0.15) is 11.8 Å². The van der Waals surface area contributed by atoms with Gasteiger partial charge in [0.15, 0.2) is 0 Å². The summed E-state index contributed by atoms with van der Waals surface area (Å²) in [6.07, 6.45) is 21.4. The molecule has 5 rings (SSSR count). The van der Waals surface area contributed by atoms with Crippen molar-refractivity contribution in [1.29, 1.82) is 0 Å². The quantitative estimate of drug-likeness (QED) is 0.0485.